The minimum atomic E-state index is -0.254. The number of benzene rings is 1. The van der Waals surface area contributed by atoms with Crippen molar-refractivity contribution in [1.82, 2.24) is 10.3 Å². The summed E-state index contributed by atoms with van der Waals surface area (Å²) in [6, 6.07) is 6.63. The van der Waals surface area contributed by atoms with Crippen molar-refractivity contribution in [2.24, 2.45) is 5.92 Å². The van der Waals surface area contributed by atoms with Crippen LogP contribution in [0.15, 0.2) is 29.6 Å². The summed E-state index contributed by atoms with van der Waals surface area (Å²) in [6.45, 7) is 0.593. The number of nitrogens with zero attached hydrogens (tertiary/aromatic N) is 1. The standard InChI is InChI=1S/C15H15FN2OS/c16-13-4-2-1-3-12(13)15-18-11(9-20-15)7-8-17-14(19)10-5-6-10/h1-4,9-10H,5-8H2,(H,17,19). The molecule has 2 aromatic rings. The second-order valence-corrected chi connectivity index (χ2v) is 5.80. The van der Waals surface area contributed by atoms with Gasteiger partial charge in [0.2, 0.25) is 5.91 Å². The van der Waals surface area contributed by atoms with Crippen LogP contribution in [0, 0.1) is 11.7 Å². The van der Waals surface area contributed by atoms with Crippen molar-refractivity contribution >= 4 is 17.2 Å². The first-order chi connectivity index (χ1) is 9.74. The number of hydrogen-bond acceptors (Lipinski definition) is 3. The molecular weight excluding hydrogens is 275 g/mol. The molecule has 1 aliphatic carbocycles. The molecule has 0 bridgehead atoms. The first-order valence-corrected chi connectivity index (χ1v) is 7.59. The van der Waals surface area contributed by atoms with Crippen molar-refractivity contribution in [3.05, 3.63) is 41.2 Å². The topological polar surface area (TPSA) is 42.0 Å². The summed E-state index contributed by atoms with van der Waals surface area (Å²) in [5.74, 6) is 0.129. The van der Waals surface area contributed by atoms with Crippen molar-refractivity contribution in [3.63, 3.8) is 0 Å². The minimum absolute atomic E-state index is 0.148. The number of rotatable bonds is 5. The molecule has 1 amide bonds. The van der Waals surface area contributed by atoms with Crippen LogP contribution in [0.4, 0.5) is 4.39 Å². The second-order valence-electron chi connectivity index (χ2n) is 4.94. The van der Waals surface area contributed by atoms with Gasteiger partial charge in [0.25, 0.3) is 0 Å². The fourth-order valence-corrected chi connectivity index (χ4v) is 2.86. The third-order valence-electron chi connectivity index (χ3n) is 3.28. The second kappa shape index (κ2) is 5.71. The normalized spacial score (nSPS) is 14.2. The van der Waals surface area contributed by atoms with Crippen LogP contribution in [-0.4, -0.2) is 17.4 Å². The molecule has 0 unspecified atom stereocenters. The molecule has 1 fully saturated rings. The van der Waals surface area contributed by atoms with Crippen LogP contribution >= 0.6 is 11.3 Å². The van der Waals surface area contributed by atoms with Crippen LogP contribution in [-0.2, 0) is 11.2 Å². The zero-order valence-electron chi connectivity index (χ0n) is 10.9. The molecule has 0 atom stereocenters. The predicted octanol–water partition coefficient (Wildman–Crippen LogP) is 3.02. The lowest BCUT2D eigenvalue weighted by atomic mass is 10.2. The highest BCUT2D eigenvalue weighted by molar-refractivity contribution is 7.13. The summed E-state index contributed by atoms with van der Waals surface area (Å²) in [4.78, 5) is 15.9. The first kappa shape index (κ1) is 13.2. The Labute approximate surface area is 120 Å². The smallest absolute Gasteiger partial charge is 0.223 e. The summed E-state index contributed by atoms with van der Waals surface area (Å²) in [5, 5.41) is 5.51. The number of amides is 1. The van der Waals surface area contributed by atoms with Crippen molar-refractivity contribution in [2.75, 3.05) is 6.54 Å². The molecule has 104 valence electrons. The van der Waals surface area contributed by atoms with E-state index in [9.17, 15) is 9.18 Å². The van der Waals surface area contributed by atoms with E-state index >= 15 is 0 Å². The Hall–Kier alpha value is -1.75. The van der Waals surface area contributed by atoms with E-state index in [0.29, 0.717) is 23.5 Å². The lowest BCUT2D eigenvalue weighted by Crippen LogP contribution is -2.26. The largest absolute Gasteiger partial charge is 0.355 e. The Morgan fingerprint density at radius 2 is 2.20 bits per heavy atom. The molecule has 0 saturated heterocycles. The van der Waals surface area contributed by atoms with Crippen LogP contribution in [0.2, 0.25) is 0 Å². The number of hydrogen-bond donors (Lipinski definition) is 1. The Kier molecular flexibility index (Phi) is 3.78. The number of aromatic nitrogens is 1. The number of nitrogens with one attached hydrogen (secondary N) is 1. The summed E-state index contributed by atoms with van der Waals surface area (Å²) in [5.41, 5.74) is 1.43. The van der Waals surface area contributed by atoms with E-state index in [-0.39, 0.29) is 17.6 Å². The summed E-state index contributed by atoms with van der Waals surface area (Å²) in [7, 11) is 0. The van der Waals surface area contributed by atoms with Crippen LogP contribution in [0.1, 0.15) is 18.5 Å². The third-order valence-corrected chi connectivity index (χ3v) is 4.21. The molecule has 3 nitrogen and oxygen atoms in total. The molecule has 0 radical (unpaired) electrons. The molecule has 0 spiro atoms. The Bertz CT molecular complexity index is 622. The maximum absolute atomic E-state index is 13.6. The van der Waals surface area contributed by atoms with E-state index in [1.807, 2.05) is 5.38 Å². The van der Waals surface area contributed by atoms with Gasteiger partial charge in [-0.15, -0.1) is 11.3 Å². The van der Waals surface area contributed by atoms with Gasteiger partial charge >= 0.3 is 0 Å². The molecule has 1 aromatic carbocycles. The van der Waals surface area contributed by atoms with Gasteiger partial charge in [0, 0.05) is 29.8 Å². The maximum atomic E-state index is 13.6. The van der Waals surface area contributed by atoms with Crippen molar-refractivity contribution in [3.8, 4) is 10.6 Å². The van der Waals surface area contributed by atoms with E-state index < -0.39 is 0 Å². The molecule has 1 N–H and O–H groups in total. The van der Waals surface area contributed by atoms with Crippen molar-refractivity contribution in [1.29, 1.82) is 0 Å². The van der Waals surface area contributed by atoms with Crippen LogP contribution < -0.4 is 5.32 Å². The van der Waals surface area contributed by atoms with Crippen molar-refractivity contribution in [2.45, 2.75) is 19.3 Å². The van der Waals surface area contributed by atoms with Gasteiger partial charge < -0.3 is 5.32 Å². The van der Waals surface area contributed by atoms with E-state index in [4.69, 9.17) is 0 Å². The SMILES string of the molecule is O=C(NCCc1csc(-c2ccccc2F)n1)C1CC1. The fraction of sp³-hybridized carbons (Fsp3) is 0.333. The van der Waals surface area contributed by atoms with E-state index in [1.54, 1.807) is 18.2 Å². The predicted molar refractivity (Wildman–Crippen MR) is 76.9 cm³/mol. The average molecular weight is 290 g/mol. The van der Waals surface area contributed by atoms with Crippen LogP contribution in [0.5, 0.6) is 0 Å². The summed E-state index contributed by atoms with van der Waals surface area (Å²) >= 11 is 1.43. The molecule has 3 rings (SSSR count). The molecule has 0 aliphatic heterocycles. The lowest BCUT2D eigenvalue weighted by Gasteiger charge is -2.01. The highest BCUT2D eigenvalue weighted by atomic mass is 32.1. The third kappa shape index (κ3) is 3.04. The Morgan fingerprint density at radius 3 is 2.95 bits per heavy atom. The van der Waals surface area contributed by atoms with Gasteiger partial charge in [-0.1, -0.05) is 12.1 Å². The van der Waals surface area contributed by atoms with Gasteiger partial charge in [-0.3, -0.25) is 4.79 Å². The number of thiazole rings is 1. The zero-order chi connectivity index (χ0) is 13.9. The Balaban J connectivity index is 1.59. The highest BCUT2D eigenvalue weighted by Gasteiger charge is 2.29. The lowest BCUT2D eigenvalue weighted by molar-refractivity contribution is -0.122. The molecule has 1 aliphatic rings. The van der Waals surface area contributed by atoms with Crippen LogP contribution in [0.25, 0.3) is 10.6 Å². The quantitative estimate of drug-likeness (QED) is 0.919. The number of carbonyl (C=O) groups is 1. The molecule has 20 heavy (non-hydrogen) atoms. The molecule has 1 heterocycles. The molecule has 1 saturated carbocycles. The molecule has 5 heteroatoms. The fourth-order valence-electron chi connectivity index (χ4n) is 1.98. The van der Waals surface area contributed by atoms with E-state index in [2.05, 4.69) is 10.3 Å². The van der Waals surface area contributed by atoms with E-state index in [1.165, 1.54) is 17.4 Å². The van der Waals surface area contributed by atoms with Gasteiger partial charge in [0.15, 0.2) is 0 Å². The highest BCUT2D eigenvalue weighted by Crippen LogP contribution is 2.29. The zero-order valence-corrected chi connectivity index (χ0v) is 11.8. The minimum Gasteiger partial charge on any atom is -0.355 e. The van der Waals surface area contributed by atoms with Crippen LogP contribution in [0.3, 0.4) is 0 Å². The van der Waals surface area contributed by atoms with Crippen molar-refractivity contribution < 1.29 is 9.18 Å². The monoisotopic (exact) mass is 290 g/mol. The summed E-state index contributed by atoms with van der Waals surface area (Å²) in [6.07, 6.45) is 2.71. The number of halogens is 1. The summed E-state index contributed by atoms with van der Waals surface area (Å²) < 4.78 is 13.6. The first-order valence-electron chi connectivity index (χ1n) is 6.71. The average Bonchev–Trinajstić information content (AvgIpc) is 3.20. The van der Waals surface area contributed by atoms with Gasteiger partial charge in [-0.2, -0.15) is 0 Å². The number of carbonyl (C=O) groups excluding carboxylic acids is 1. The van der Waals surface area contributed by atoms with Gasteiger partial charge in [-0.25, -0.2) is 9.37 Å². The van der Waals surface area contributed by atoms with E-state index in [0.717, 1.165) is 18.5 Å². The Morgan fingerprint density at radius 1 is 1.40 bits per heavy atom. The van der Waals surface area contributed by atoms with Gasteiger partial charge in [0.1, 0.15) is 10.8 Å². The van der Waals surface area contributed by atoms with Gasteiger partial charge in [-0.05, 0) is 25.0 Å². The van der Waals surface area contributed by atoms with Gasteiger partial charge in [0.05, 0.1) is 5.69 Å². The molecular formula is C15H15FN2OS. The molecule has 1 aromatic heterocycles. The maximum Gasteiger partial charge on any atom is 0.223 e.